The maximum absolute atomic E-state index is 10.3. The topological polar surface area (TPSA) is 46.3 Å². The van der Waals surface area contributed by atoms with Crippen molar-refractivity contribution in [3.05, 3.63) is 17.5 Å². The van der Waals surface area contributed by atoms with E-state index in [9.17, 15) is 4.79 Å². The summed E-state index contributed by atoms with van der Waals surface area (Å²) in [4.78, 5) is 12.5. The molecule has 1 aromatic rings. The normalized spacial score (nSPS) is 10.7. The second-order valence-corrected chi connectivity index (χ2v) is 2.80. The highest BCUT2D eigenvalue weighted by Crippen LogP contribution is 2.05. The molecule has 0 aromatic carbocycles. The van der Waals surface area contributed by atoms with E-state index >= 15 is 0 Å². The van der Waals surface area contributed by atoms with E-state index in [0.717, 1.165) is 18.8 Å². The monoisotopic (exact) mass is 182 g/mol. The van der Waals surface area contributed by atoms with E-state index < -0.39 is 0 Å². The molecule has 0 saturated heterocycles. The van der Waals surface area contributed by atoms with Crippen LogP contribution in [0.3, 0.4) is 0 Å². The fraction of sp³-hybridized carbons (Fsp3) is 0.556. The van der Waals surface area contributed by atoms with Crippen molar-refractivity contribution >= 4 is 6.29 Å². The van der Waals surface area contributed by atoms with Gasteiger partial charge in [-0.1, -0.05) is 19.0 Å². The molecule has 0 saturated carbocycles. The molecule has 0 bridgehead atoms. The number of aldehydes is 1. The molecule has 4 nitrogen and oxygen atoms in total. The summed E-state index contributed by atoms with van der Waals surface area (Å²) in [5.74, 6) is 0.741. The van der Waals surface area contributed by atoms with Crippen LogP contribution in [0.1, 0.15) is 30.1 Å². The van der Waals surface area contributed by atoms with E-state index in [2.05, 4.69) is 23.9 Å². The van der Waals surface area contributed by atoms with Gasteiger partial charge in [-0.3, -0.25) is 9.69 Å². The predicted molar refractivity (Wildman–Crippen MR) is 48.5 cm³/mol. The summed E-state index contributed by atoms with van der Waals surface area (Å²) in [6.45, 7) is 6.82. The highest BCUT2D eigenvalue weighted by Gasteiger charge is 2.06. The van der Waals surface area contributed by atoms with E-state index in [1.165, 1.54) is 0 Å². The van der Waals surface area contributed by atoms with Crippen LogP contribution in [-0.4, -0.2) is 29.4 Å². The Bertz CT molecular complexity index is 266. The molecule has 0 atom stereocenters. The van der Waals surface area contributed by atoms with Crippen molar-refractivity contribution in [2.24, 2.45) is 0 Å². The Labute approximate surface area is 77.5 Å². The van der Waals surface area contributed by atoms with Crippen LogP contribution in [0, 0.1) is 0 Å². The summed E-state index contributed by atoms with van der Waals surface area (Å²) < 4.78 is 4.97. The van der Waals surface area contributed by atoms with Gasteiger partial charge in [-0.05, 0) is 13.1 Å². The largest absolute Gasteiger partial charge is 0.359 e. The molecule has 1 heterocycles. The molecule has 0 N–H and O–H groups in total. The molecule has 1 aromatic heterocycles. The van der Waals surface area contributed by atoms with Gasteiger partial charge in [-0.25, -0.2) is 0 Å². The number of nitrogens with zero attached hydrogens (tertiary/aromatic N) is 2. The Hall–Kier alpha value is -1.16. The number of hydrogen-bond acceptors (Lipinski definition) is 4. The molecule has 0 fully saturated rings. The Morgan fingerprint density at radius 2 is 2.23 bits per heavy atom. The van der Waals surface area contributed by atoms with Gasteiger partial charge in [0.05, 0.1) is 6.54 Å². The molecule has 72 valence electrons. The van der Waals surface area contributed by atoms with Gasteiger partial charge >= 0.3 is 0 Å². The number of hydrogen-bond donors (Lipinski definition) is 0. The summed E-state index contributed by atoms with van der Waals surface area (Å²) in [5.41, 5.74) is 0.363. The zero-order chi connectivity index (χ0) is 9.68. The Morgan fingerprint density at radius 3 is 2.69 bits per heavy atom. The molecule has 1 rings (SSSR count). The van der Waals surface area contributed by atoms with Gasteiger partial charge in [-0.15, -0.1) is 0 Å². The van der Waals surface area contributed by atoms with Crippen LogP contribution in [0.5, 0.6) is 0 Å². The molecular weight excluding hydrogens is 168 g/mol. The van der Waals surface area contributed by atoms with Gasteiger partial charge < -0.3 is 4.52 Å². The van der Waals surface area contributed by atoms with E-state index in [1.54, 1.807) is 6.07 Å². The average molecular weight is 182 g/mol. The third-order valence-electron chi connectivity index (χ3n) is 1.97. The van der Waals surface area contributed by atoms with Crippen molar-refractivity contribution in [2.45, 2.75) is 20.4 Å². The maximum atomic E-state index is 10.3. The van der Waals surface area contributed by atoms with Gasteiger partial charge in [0.25, 0.3) is 0 Å². The van der Waals surface area contributed by atoms with E-state index in [1.807, 2.05) is 0 Å². The number of aromatic nitrogens is 1. The molecule has 0 unspecified atom stereocenters. The lowest BCUT2D eigenvalue weighted by atomic mass is 10.3. The third kappa shape index (κ3) is 2.66. The summed E-state index contributed by atoms with van der Waals surface area (Å²) in [7, 11) is 0. The second-order valence-electron chi connectivity index (χ2n) is 2.80. The second kappa shape index (κ2) is 4.77. The average Bonchev–Trinajstić information content (AvgIpc) is 2.61. The lowest BCUT2D eigenvalue weighted by Gasteiger charge is -2.14. The minimum absolute atomic E-state index is 0.363. The molecule has 4 heteroatoms. The highest BCUT2D eigenvalue weighted by molar-refractivity contribution is 5.71. The van der Waals surface area contributed by atoms with Gasteiger partial charge in [0.2, 0.25) is 0 Å². The van der Waals surface area contributed by atoms with Crippen LogP contribution in [0.15, 0.2) is 10.6 Å². The fourth-order valence-electron chi connectivity index (χ4n) is 1.13. The first-order valence-electron chi connectivity index (χ1n) is 4.43. The Morgan fingerprint density at radius 1 is 1.54 bits per heavy atom. The lowest BCUT2D eigenvalue weighted by Crippen LogP contribution is -2.21. The molecule has 0 spiro atoms. The summed E-state index contributed by atoms with van der Waals surface area (Å²) in [5, 5.41) is 3.59. The number of carbonyl (C=O) groups excluding carboxylic acids is 1. The van der Waals surface area contributed by atoms with Crippen LogP contribution in [0.2, 0.25) is 0 Å². The smallest absolute Gasteiger partial charge is 0.171 e. The highest BCUT2D eigenvalue weighted by atomic mass is 16.5. The van der Waals surface area contributed by atoms with Crippen LogP contribution in [0.25, 0.3) is 0 Å². The summed E-state index contributed by atoms with van der Waals surface area (Å²) >= 11 is 0. The van der Waals surface area contributed by atoms with Gasteiger partial charge in [0.1, 0.15) is 5.69 Å². The third-order valence-corrected chi connectivity index (χ3v) is 1.97. The van der Waals surface area contributed by atoms with Crippen LogP contribution >= 0.6 is 0 Å². The molecule has 0 radical (unpaired) electrons. The van der Waals surface area contributed by atoms with Crippen molar-refractivity contribution in [2.75, 3.05) is 13.1 Å². The first kappa shape index (κ1) is 9.92. The van der Waals surface area contributed by atoms with Gasteiger partial charge in [-0.2, -0.15) is 0 Å². The minimum atomic E-state index is 0.363. The van der Waals surface area contributed by atoms with E-state index in [4.69, 9.17) is 4.52 Å². The van der Waals surface area contributed by atoms with Gasteiger partial charge in [0, 0.05) is 6.07 Å². The van der Waals surface area contributed by atoms with Crippen molar-refractivity contribution in [1.82, 2.24) is 10.1 Å². The lowest BCUT2D eigenvalue weighted by molar-refractivity contribution is 0.111. The maximum Gasteiger partial charge on any atom is 0.171 e. The fourth-order valence-corrected chi connectivity index (χ4v) is 1.13. The zero-order valence-corrected chi connectivity index (χ0v) is 7.99. The molecule has 0 aliphatic heterocycles. The van der Waals surface area contributed by atoms with E-state index in [-0.39, 0.29) is 0 Å². The first-order valence-corrected chi connectivity index (χ1v) is 4.43. The minimum Gasteiger partial charge on any atom is -0.359 e. The molecule has 0 aliphatic carbocycles. The van der Waals surface area contributed by atoms with Crippen molar-refractivity contribution in [3.63, 3.8) is 0 Å². The molecular formula is C9H14N2O2. The molecule has 0 amide bonds. The predicted octanol–water partition coefficient (Wildman–Crippen LogP) is 1.33. The van der Waals surface area contributed by atoms with Crippen LogP contribution in [-0.2, 0) is 6.54 Å². The Kier molecular flexibility index (Phi) is 3.64. The number of carbonyl (C=O) groups is 1. The summed E-state index contributed by atoms with van der Waals surface area (Å²) in [6.07, 6.45) is 0.690. The van der Waals surface area contributed by atoms with Crippen molar-refractivity contribution < 1.29 is 9.32 Å². The van der Waals surface area contributed by atoms with Crippen LogP contribution < -0.4 is 0 Å². The summed E-state index contributed by atoms with van der Waals surface area (Å²) in [6, 6.07) is 1.67. The quantitative estimate of drug-likeness (QED) is 0.644. The van der Waals surface area contributed by atoms with Crippen molar-refractivity contribution in [1.29, 1.82) is 0 Å². The van der Waals surface area contributed by atoms with E-state index in [0.29, 0.717) is 18.5 Å². The van der Waals surface area contributed by atoms with Crippen molar-refractivity contribution in [3.8, 4) is 0 Å². The SMILES string of the molecule is CCN(CC)Cc1cc(C=O)no1. The standard InChI is InChI=1S/C9H14N2O2/c1-3-11(4-2)6-9-5-8(7-12)10-13-9/h5,7H,3-4,6H2,1-2H3. The zero-order valence-electron chi connectivity index (χ0n) is 7.99. The van der Waals surface area contributed by atoms with Crippen LogP contribution in [0.4, 0.5) is 0 Å². The number of rotatable bonds is 5. The molecule has 0 aliphatic rings. The van der Waals surface area contributed by atoms with Gasteiger partial charge in [0.15, 0.2) is 12.0 Å². The molecule has 13 heavy (non-hydrogen) atoms. The Balaban J connectivity index is 2.57. The first-order chi connectivity index (χ1) is 6.30.